The van der Waals surface area contributed by atoms with Crippen LogP contribution in [-0.4, -0.2) is 30.8 Å². The van der Waals surface area contributed by atoms with Crippen molar-refractivity contribution in [2.45, 2.75) is 31.1 Å². The van der Waals surface area contributed by atoms with Crippen molar-refractivity contribution in [2.75, 3.05) is 19.7 Å². The molecule has 3 N–H and O–H groups in total. The molecule has 4 nitrogen and oxygen atoms in total. The summed E-state index contributed by atoms with van der Waals surface area (Å²) < 4.78 is 0. The molecule has 4 heteroatoms. The fourth-order valence-corrected chi connectivity index (χ4v) is 2.56. The minimum atomic E-state index is -0.143. The highest BCUT2D eigenvalue weighted by molar-refractivity contribution is 5.74. The lowest BCUT2D eigenvalue weighted by molar-refractivity contribution is 0.214. The minimum Gasteiger partial charge on any atom is -0.396 e. The molecule has 0 saturated heterocycles. The number of hydrogen-bond donors (Lipinski definition) is 3. The number of aliphatic hydroxyl groups excluding tert-OH is 1. The first-order chi connectivity index (χ1) is 9.27. The van der Waals surface area contributed by atoms with E-state index in [0.717, 1.165) is 12.8 Å². The van der Waals surface area contributed by atoms with Crippen molar-refractivity contribution >= 4 is 6.03 Å². The van der Waals surface area contributed by atoms with Gasteiger partial charge >= 0.3 is 6.03 Å². The fourth-order valence-electron chi connectivity index (χ4n) is 2.56. The van der Waals surface area contributed by atoms with E-state index in [1.807, 2.05) is 6.07 Å². The number of hydrogen-bond acceptors (Lipinski definition) is 2. The topological polar surface area (TPSA) is 61.4 Å². The van der Waals surface area contributed by atoms with E-state index in [2.05, 4.69) is 34.9 Å². The number of aliphatic hydroxyl groups is 1. The van der Waals surface area contributed by atoms with Gasteiger partial charge in [-0.05, 0) is 24.8 Å². The molecule has 0 unspecified atom stereocenters. The average molecular weight is 262 g/mol. The van der Waals surface area contributed by atoms with Crippen LogP contribution in [-0.2, 0) is 5.41 Å². The van der Waals surface area contributed by atoms with Crippen LogP contribution in [0.5, 0.6) is 0 Å². The Bertz CT molecular complexity index is 402. The van der Waals surface area contributed by atoms with Crippen LogP contribution in [0.1, 0.15) is 31.2 Å². The normalized spacial score (nSPS) is 16.5. The molecular formula is C15H22N2O2. The number of amides is 2. The molecular weight excluding hydrogens is 240 g/mol. The summed E-state index contributed by atoms with van der Waals surface area (Å²) >= 11 is 0. The van der Waals surface area contributed by atoms with E-state index >= 15 is 0 Å². The maximum atomic E-state index is 11.6. The van der Waals surface area contributed by atoms with Crippen molar-refractivity contribution in [3.63, 3.8) is 0 Å². The van der Waals surface area contributed by atoms with E-state index in [1.165, 1.54) is 12.0 Å². The molecule has 0 aromatic heterocycles. The van der Waals surface area contributed by atoms with Gasteiger partial charge in [0, 0.05) is 25.1 Å². The van der Waals surface area contributed by atoms with E-state index < -0.39 is 0 Å². The molecule has 0 radical (unpaired) electrons. The van der Waals surface area contributed by atoms with E-state index in [9.17, 15) is 4.79 Å². The molecule has 0 spiro atoms. The molecule has 2 rings (SSSR count). The Morgan fingerprint density at radius 1 is 1.21 bits per heavy atom. The Hall–Kier alpha value is -1.55. The first-order valence-corrected chi connectivity index (χ1v) is 6.95. The fraction of sp³-hybridized carbons (Fsp3) is 0.533. The zero-order chi connectivity index (χ0) is 13.6. The molecule has 19 heavy (non-hydrogen) atoms. The second-order valence-corrected chi connectivity index (χ2v) is 5.19. The van der Waals surface area contributed by atoms with Gasteiger partial charge in [-0.25, -0.2) is 4.79 Å². The van der Waals surface area contributed by atoms with Gasteiger partial charge in [0.2, 0.25) is 0 Å². The van der Waals surface area contributed by atoms with Crippen LogP contribution in [0.2, 0.25) is 0 Å². The van der Waals surface area contributed by atoms with Crippen LogP contribution >= 0.6 is 0 Å². The average Bonchev–Trinajstić information content (AvgIpc) is 2.39. The third-order valence-corrected chi connectivity index (χ3v) is 3.90. The van der Waals surface area contributed by atoms with E-state index in [-0.39, 0.29) is 18.1 Å². The zero-order valence-corrected chi connectivity index (χ0v) is 11.2. The lowest BCUT2D eigenvalue weighted by Gasteiger charge is -2.42. The summed E-state index contributed by atoms with van der Waals surface area (Å²) in [4.78, 5) is 11.6. The second kappa shape index (κ2) is 6.57. The number of rotatable bonds is 6. The van der Waals surface area contributed by atoms with Gasteiger partial charge < -0.3 is 15.7 Å². The predicted molar refractivity (Wildman–Crippen MR) is 75.1 cm³/mol. The summed E-state index contributed by atoms with van der Waals surface area (Å²) in [5.41, 5.74) is 1.44. The van der Waals surface area contributed by atoms with Crippen LogP contribution in [0.3, 0.4) is 0 Å². The van der Waals surface area contributed by atoms with Gasteiger partial charge in [0.25, 0.3) is 0 Å². The number of nitrogens with one attached hydrogen (secondary N) is 2. The number of carbonyl (C=O) groups excluding carboxylic acids is 1. The Balaban J connectivity index is 1.85. The van der Waals surface area contributed by atoms with Crippen molar-refractivity contribution in [1.82, 2.24) is 10.6 Å². The molecule has 0 heterocycles. The second-order valence-electron chi connectivity index (χ2n) is 5.19. The van der Waals surface area contributed by atoms with E-state index in [4.69, 9.17) is 5.11 Å². The van der Waals surface area contributed by atoms with Crippen LogP contribution in [0.25, 0.3) is 0 Å². The van der Waals surface area contributed by atoms with Gasteiger partial charge in [0.15, 0.2) is 0 Å². The summed E-state index contributed by atoms with van der Waals surface area (Å²) in [6, 6.07) is 10.3. The highest BCUT2D eigenvalue weighted by atomic mass is 16.3. The van der Waals surface area contributed by atoms with Gasteiger partial charge in [-0.1, -0.05) is 36.8 Å². The maximum absolute atomic E-state index is 11.6. The first-order valence-electron chi connectivity index (χ1n) is 6.95. The third kappa shape index (κ3) is 3.47. The smallest absolute Gasteiger partial charge is 0.314 e. The molecule has 0 aliphatic heterocycles. The van der Waals surface area contributed by atoms with Gasteiger partial charge in [0.1, 0.15) is 0 Å². The van der Waals surface area contributed by atoms with Crippen LogP contribution in [0, 0.1) is 0 Å². The van der Waals surface area contributed by atoms with E-state index in [1.54, 1.807) is 0 Å². The Morgan fingerprint density at radius 2 is 1.95 bits per heavy atom. The molecule has 104 valence electrons. The maximum Gasteiger partial charge on any atom is 0.314 e. The lowest BCUT2D eigenvalue weighted by Crippen LogP contribution is -2.48. The Kier molecular flexibility index (Phi) is 4.80. The van der Waals surface area contributed by atoms with Gasteiger partial charge in [-0.3, -0.25) is 0 Å². The molecule has 2 amide bonds. The molecule has 0 atom stereocenters. The largest absolute Gasteiger partial charge is 0.396 e. The summed E-state index contributed by atoms with van der Waals surface area (Å²) in [7, 11) is 0. The van der Waals surface area contributed by atoms with Crippen LogP contribution < -0.4 is 10.6 Å². The molecule has 1 aromatic rings. The van der Waals surface area contributed by atoms with Crippen LogP contribution in [0.4, 0.5) is 4.79 Å². The molecule has 1 aliphatic rings. The summed E-state index contributed by atoms with van der Waals surface area (Å²) in [6.45, 7) is 1.30. The van der Waals surface area contributed by atoms with Crippen molar-refractivity contribution in [2.24, 2.45) is 0 Å². The zero-order valence-electron chi connectivity index (χ0n) is 11.2. The minimum absolute atomic E-state index is 0.105. The van der Waals surface area contributed by atoms with Gasteiger partial charge in [-0.2, -0.15) is 0 Å². The quantitative estimate of drug-likeness (QED) is 0.684. The lowest BCUT2D eigenvalue weighted by atomic mass is 9.64. The van der Waals surface area contributed by atoms with E-state index in [0.29, 0.717) is 19.5 Å². The summed E-state index contributed by atoms with van der Waals surface area (Å²) in [6.07, 6.45) is 4.09. The predicted octanol–water partition coefficient (Wildman–Crippen LogP) is 1.79. The van der Waals surface area contributed by atoms with Crippen molar-refractivity contribution < 1.29 is 9.90 Å². The number of carbonyl (C=O) groups is 1. The van der Waals surface area contributed by atoms with Crippen molar-refractivity contribution in [3.05, 3.63) is 35.9 Å². The third-order valence-electron chi connectivity index (χ3n) is 3.90. The summed E-state index contributed by atoms with van der Waals surface area (Å²) in [5.74, 6) is 0. The molecule has 0 bridgehead atoms. The first kappa shape index (κ1) is 13.9. The summed E-state index contributed by atoms with van der Waals surface area (Å²) in [5, 5.41) is 14.4. The van der Waals surface area contributed by atoms with Gasteiger partial charge in [-0.15, -0.1) is 0 Å². The van der Waals surface area contributed by atoms with Crippen molar-refractivity contribution in [3.8, 4) is 0 Å². The van der Waals surface area contributed by atoms with Crippen LogP contribution in [0.15, 0.2) is 30.3 Å². The van der Waals surface area contributed by atoms with Crippen molar-refractivity contribution in [1.29, 1.82) is 0 Å². The highest BCUT2D eigenvalue weighted by Crippen LogP contribution is 2.42. The standard InChI is InChI=1S/C15H22N2O2/c18-11-5-10-16-14(19)17-12-15(8-4-9-15)13-6-2-1-3-7-13/h1-3,6-7,18H,4-5,8-12H2,(H2,16,17,19). The Labute approximate surface area is 114 Å². The Morgan fingerprint density at radius 3 is 2.53 bits per heavy atom. The number of urea groups is 1. The molecule has 1 fully saturated rings. The highest BCUT2D eigenvalue weighted by Gasteiger charge is 2.38. The molecule has 1 aliphatic carbocycles. The molecule has 1 aromatic carbocycles. The van der Waals surface area contributed by atoms with Gasteiger partial charge in [0.05, 0.1) is 0 Å². The molecule has 1 saturated carbocycles. The monoisotopic (exact) mass is 262 g/mol. The number of benzene rings is 1. The SMILES string of the molecule is O=C(NCCCO)NCC1(c2ccccc2)CCC1.